The van der Waals surface area contributed by atoms with E-state index in [4.69, 9.17) is 29.3 Å². The molecule has 9 unspecified atom stereocenters. The molecule has 368 valence electrons. The van der Waals surface area contributed by atoms with E-state index in [9.17, 15) is 40.6 Å². The van der Waals surface area contributed by atoms with Crippen molar-refractivity contribution < 1.29 is 64.0 Å². The third-order valence-electron chi connectivity index (χ3n) is 15.3. The van der Waals surface area contributed by atoms with Crippen molar-refractivity contribution in [3.8, 4) is 0 Å². The van der Waals surface area contributed by atoms with Gasteiger partial charge in [0.05, 0.1) is 48.3 Å². The zero-order chi connectivity index (χ0) is 48.6. The number of rotatable bonds is 23. The Morgan fingerprint density at radius 1 is 0.841 bits per heavy atom. The summed E-state index contributed by atoms with van der Waals surface area (Å²) in [7, 11) is 1.61. The van der Waals surface area contributed by atoms with Crippen LogP contribution in [0.15, 0.2) is 10.3 Å². The molecule has 9 atom stereocenters. The predicted molar refractivity (Wildman–Crippen MR) is 222 cm³/mol. The number of amides is 1. The predicted octanol–water partition coefficient (Wildman–Crippen LogP) is 10.2. The van der Waals surface area contributed by atoms with Crippen molar-refractivity contribution in [2.75, 3.05) is 40.1 Å². The normalized spacial score (nSPS) is 29.4. The zero-order valence-electron chi connectivity index (χ0n) is 40.4. The Labute approximate surface area is 369 Å². The largest absolute Gasteiger partial charge is 0.427 e. The second kappa shape index (κ2) is 17.0. The first-order chi connectivity index (χ1) is 28.1. The highest BCUT2D eigenvalue weighted by atomic mass is 19.4. The van der Waals surface area contributed by atoms with Gasteiger partial charge in [0.1, 0.15) is 5.54 Å². The van der Waals surface area contributed by atoms with Gasteiger partial charge in [-0.2, -0.15) is 31.5 Å². The Morgan fingerprint density at radius 3 is 1.90 bits per heavy atom. The van der Waals surface area contributed by atoms with E-state index in [0.29, 0.717) is 71.6 Å². The molecular formula is C45H76F8N4O6. The third kappa shape index (κ3) is 10.5. The lowest BCUT2D eigenvalue weighted by Crippen LogP contribution is -2.61. The quantitative estimate of drug-likeness (QED) is 0.0982. The van der Waals surface area contributed by atoms with Gasteiger partial charge in [0.2, 0.25) is 5.91 Å². The molecule has 3 fully saturated rings. The molecule has 0 aromatic heterocycles. The standard InChI is InChI=1S/C45H76F8N4O6/c1-27-30-37(8,9)33-41(27,30)23-29-42(33,18-17-35(4,5)62-25-28(24-60-16)38(10,11)59)55-56-57(29)21-19-36(6,7)61-22-20-34(2,3)54-32(58)31(44(48,49)50)39(12,13)63-26-43(47,40(14,15)46)45(51,52)53/h27-31,33,59H,17-26H2,1-16H3,(H,54,58). The molecule has 4 aliphatic rings. The summed E-state index contributed by atoms with van der Waals surface area (Å²) in [6.07, 6.45) is -8.07. The molecule has 63 heavy (non-hydrogen) atoms. The summed E-state index contributed by atoms with van der Waals surface area (Å²) in [4.78, 5) is 13.3. The molecular weight excluding hydrogens is 845 g/mol. The number of alkyl halides is 8. The highest BCUT2D eigenvalue weighted by molar-refractivity contribution is 5.81. The summed E-state index contributed by atoms with van der Waals surface area (Å²) >= 11 is 0. The smallest absolute Gasteiger partial charge is 0.390 e. The number of halogens is 8. The van der Waals surface area contributed by atoms with Crippen LogP contribution in [0.5, 0.6) is 0 Å². The van der Waals surface area contributed by atoms with Crippen LogP contribution in [0.1, 0.15) is 136 Å². The fourth-order valence-corrected chi connectivity index (χ4v) is 11.6. The Balaban J connectivity index is 1.38. The molecule has 4 rings (SSSR count). The highest BCUT2D eigenvalue weighted by Crippen LogP contribution is 2.91. The minimum Gasteiger partial charge on any atom is -0.390 e. The van der Waals surface area contributed by atoms with Crippen molar-refractivity contribution in [2.45, 2.75) is 199 Å². The number of hydrogen-bond acceptors (Lipinski definition) is 9. The van der Waals surface area contributed by atoms with E-state index in [2.05, 4.69) is 44.9 Å². The van der Waals surface area contributed by atoms with Crippen LogP contribution < -0.4 is 5.32 Å². The number of fused-ring (bicyclic) bond motifs is 2. The maximum atomic E-state index is 15.0. The summed E-state index contributed by atoms with van der Waals surface area (Å²) in [6.45, 7) is 22.7. The first-order valence-electron chi connectivity index (χ1n) is 22.2. The molecule has 0 aromatic rings. The fraction of sp³-hybridized carbons (Fsp3) is 0.978. The molecule has 18 heteroatoms. The van der Waals surface area contributed by atoms with Gasteiger partial charge in [-0.15, -0.1) is 0 Å². The van der Waals surface area contributed by atoms with Crippen molar-refractivity contribution >= 4 is 5.91 Å². The van der Waals surface area contributed by atoms with Crippen LogP contribution in [0, 0.1) is 40.4 Å². The zero-order valence-corrected chi connectivity index (χ0v) is 40.4. The van der Waals surface area contributed by atoms with Crippen LogP contribution in [0.25, 0.3) is 0 Å². The first kappa shape index (κ1) is 53.7. The SMILES string of the molecule is COCC(COC(C)(C)CCC12N=NN(CCC(C)(C)OCCC(C)(C)NC(=O)C(C(F)(F)F)C(C)(C)OCC(F)(C(C)(C)F)C(F)(F)F)C1CC13C(C)C1C(C)(C)C23)C(C)(C)O. The van der Waals surface area contributed by atoms with Crippen LogP contribution in [-0.2, 0) is 23.7 Å². The molecule has 0 saturated heterocycles. The van der Waals surface area contributed by atoms with E-state index < -0.39 is 75.6 Å². The van der Waals surface area contributed by atoms with Crippen molar-refractivity contribution in [3.05, 3.63) is 0 Å². The van der Waals surface area contributed by atoms with E-state index in [1.165, 1.54) is 13.8 Å². The van der Waals surface area contributed by atoms with Gasteiger partial charge in [-0.3, -0.25) is 9.80 Å². The number of nitrogens with zero attached hydrogens (tertiary/aromatic N) is 3. The van der Waals surface area contributed by atoms with Gasteiger partial charge < -0.3 is 29.4 Å². The fourth-order valence-electron chi connectivity index (χ4n) is 11.6. The maximum Gasteiger partial charge on any atom is 0.427 e. The van der Waals surface area contributed by atoms with Crippen LogP contribution >= 0.6 is 0 Å². The number of aliphatic hydroxyl groups is 1. The van der Waals surface area contributed by atoms with Crippen LogP contribution in [0.2, 0.25) is 0 Å². The van der Waals surface area contributed by atoms with Crippen LogP contribution in [-0.4, -0.2) is 119 Å². The minimum absolute atomic E-state index is 0.0274. The summed E-state index contributed by atoms with van der Waals surface area (Å²) in [6, 6.07) is 0.0724. The summed E-state index contributed by atoms with van der Waals surface area (Å²) in [5, 5.41) is 25.1. The van der Waals surface area contributed by atoms with Gasteiger partial charge in [0, 0.05) is 31.7 Å². The monoisotopic (exact) mass is 921 g/mol. The highest BCUT2D eigenvalue weighted by Gasteiger charge is 2.90. The molecule has 1 aliphatic heterocycles. The van der Waals surface area contributed by atoms with Gasteiger partial charge in [-0.25, -0.2) is 8.78 Å². The van der Waals surface area contributed by atoms with E-state index in [-0.39, 0.29) is 35.8 Å². The number of methoxy groups -OCH3 is 1. The lowest BCUT2D eigenvalue weighted by molar-refractivity contribution is -0.298. The molecule has 3 saturated carbocycles. The molecule has 0 aromatic carbocycles. The topological polar surface area (TPSA) is 114 Å². The van der Waals surface area contributed by atoms with Gasteiger partial charge in [-0.1, -0.05) is 26.0 Å². The van der Waals surface area contributed by atoms with Crippen molar-refractivity contribution in [1.29, 1.82) is 0 Å². The van der Waals surface area contributed by atoms with E-state index in [1.54, 1.807) is 21.0 Å². The van der Waals surface area contributed by atoms with Gasteiger partial charge in [-0.05, 0) is 144 Å². The average Bonchev–Trinajstić information content (AvgIpc) is 3.29. The lowest BCUT2D eigenvalue weighted by atomic mass is 9.52. The Morgan fingerprint density at radius 2 is 1.41 bits per heavy atom. The molecule has 1 heterocycles. The second-order valence-corrected chi connectivity index (χ2v) is 23.2. The molecule has 2 N–H and O–H groups in total. The Bertz CT molecular complexity index is 1640. The summed E-state index contributed by atoms with van der Waals surface area (Å²) < 4.78 is 136. The van der Waals surface area contributed by atoms with Crippen molar-refractivity contribution in [1.82, 2.24) is 10.3 Å². The number of hydrogen-bond donors (Lipinski definition) is 2. The number of ether oxygens (including phenoxy) is 4. The first-order valence-corrected chi connectivity index (χ1v) is 22.2. The number of carbonyl (C=O) groups is 1. The van der Waals surface area contributed by atoms with Crippen molar-refractivity contribution in [2.24, 2.45) is 50.8 Å². The number of nitrogens with one attached hydrogen (secondary N) is 1. The number of carbonyl (C=O) groups excluding carboxylic acids is 1. The second-order valence-electron chi connectivity index (χ2n) is 23.2. The maximum absolute atomic E-state index is 15.0. The van der Waals surface area contributed by atoms with Gasteiger partial charge >= 0.3 is 12.4 Å². The summed E-state index contributed by atoms with van der Waals surface area (Å²) in [5.74, 6) is -3.30. The molecule has 3 aliphatic carbocycles. The Hall–Kier alpha value is -1.89. The van der Waals surface area contributed by atoms with E-state index >= 15 is 4.39 Å². The minimum atomic E-state index is -5.81. The lowest BCUT2D eigenvalue weighted by Gasteiger charge is -2.53. The molecule has 1 spiro atoms. The van der Waals surface area contributed by atoms with E-state index in [1.807, 2.05) is 13.8 Å². The Kier molecular flexibility index (Phi) is 14.5. The molecule has 1 amide bonds. The van der Waals surface area contributed by atoms with Crippen LogP contribution in [0.4, 0.5) is 35.1 Å². The van der Waals surface area contributed by atoms with Gasteiger partial charge in [0.25, 0.3) is 5.67 Å². The van der Waals surface area contributed by atoms with Crippen LogP contribution in [0.3, 0.4) is 0 Å². The van der Waals surface area contributed by atoms with Gasteiger partial charge in [0.15, 0.2) is 11.6 Å². The van der Waals surface area contributed by atoms with E-state index in [0.717, 1.165) is 19.3 Å². The third-order valence-corrected chi connectivity index (χ3v) is 15.3. The van der Waals surface area contributed by atoms with Crippen molar-refractivity contribution in [3.63, 3.8) is 0 Å². The molecule has 10 nitrogen and oxygen atoms in total. The summed E-state index contributed by atoms with van der Waals surface area (Å²) in [5.41, 5.74) is -14.6. The average molecular weight is 921 g/mol. The molecule has 0 bridgehead atoms. The molecule has 0 radical (unpaired) electrons.